The van der Waals surface area contributed by atoms with Crippen molar-refractivity contribution >= 4 is 11.9 Å². The molecule has 186 valence electrons. The standard InChI is InChI=1S/C27H29F2NO5/c1-16(2)35-27(32)24-18(4)30-17(3)23(25(24)21-15-19(28)11-12-22(21)29)26(31)34-14-8-13-33-20-9-6-5-7-10-20/h5-7,9-12,15-16,25,30H,8,13-14H2,1-4H3. The van der Waals surface area contributed by atoms with E-state index in [0.29, 0.717) is 30.2 Å². The molecule has 1 N–H and O–H groups in total. The molecule has 35 heavy (non-hydrogen) atoms. The first kappa shape index (κ1) is 25.9. The number of rotatable bonds is 9. The van der Waals surface area contributed by atoms with Crippen LogP contribution in [0.3, 0.4) is 0 Å². The van der Waals surface area contributed by atoms with Gasteiger partial charge in [-0.25, -0.2) is 18.4 Å². The van der Waals surface area contributed by atoms with Gasteiger partial charge in [0.2, 0.25) is 0 Å². The van der Waals surface area contributed by atoms with Crippen LogP contribution in [0.25, 0.3) is 0 Å². The maximum absolute atomic E-state index is 14.9. The molecule has 1 unspecified atom stereocenters. The third kappa shape index (κ3) is 6.47. The molecule has 0 aromatic heterocycles. The second-order valence-corrected chi connectivity index (χ2v) is 8.41. The number of halogens is 2. The number of benzene rings is 2. The highest BCUT2D eigenvalue weighted by Gasteiger charge is 2.39. The Labute approximate surface area is 203 Å². The lowest BCUT2D eigenvalue weighted by molar-refractivity contribution is -0.143. The first-order valence-electron chi connectivity index (χ1n) is 11.4. The summed E-state index contributed by atoms with van der Waals surface area (Å²) in [5, 5.41) is 2.99. The van der Waals surface area contributed by atoms with Gasteiger partial charge in [0.15, 0.2) is 0 Å². The molecule has 0 aliphatic carbocycles. The fourth-order valence-electron chi connectivity index (χ4n) is 3.87. The molecule has 1 atom stereocenters. The average Bonchev–Trinajstić information content (AvgIpc) is 2.80. The van der Waals surface area contributed by atoms with E-state index in [1.54, 1.807) is 27.7 Å². The Morgan fingerprint density at radius 2 is 1.60 bits per heavy atom. The first-order valence-corrected chi connectivity index (χ1v) is 11.4. The summed E-state index contributed by atoms with van der Waals surface area (Å²) in [4.78, 5) is 26.1. The molecule has 2 aromatic carbocycles. The first-order chi connectivity index (χ1) is 16.7. The second kappa shape index (κ2) is 11.6. The van der Waals surface area contributed by atoms with Crippen molar-refractivity contribution in [1.82, 2.24) is 5.32 Å². The van der Waals surface area contributed by atoms with Gasteiger partial charge in [-0.05, 0) is 58.0 Å². The van der Waals surface area contributed by atoms with Crippen molar-refractivity contribution in [2.75, 3.05) is 13.2 Å². The van der Waals surface area contributed by atoms with Crippen molar-refractivity contribution in [1.29, 1.82) is 0 Å². The van der Waals surface area contributed by atoms with Gasteiger partial charge in [-0.1, -0.05) is 18.2 Å². The average molecular weight is 486 g/mol. The molecule has 3 rings (SSSR count). The van der Waals surface area contributed by atoms with E-state index in [9.17, 15) is 18.4 Å². The van der Waals surface area contributed by atoms with Crippen molar-refractivity contribution in [3.05, 3.63) is 88.3 Å². The van der Waals surface area contributed by atoms with Gasteiger partial charge in [0.25, 0.3) is 0 Å². The topological polar surface area (TPSA) is 73.9 Å². The Kier molecular flexibility index (Phi) is 8.63. The summed E-state index contributed by atoms with van der Waals surface area (Å²) in [7, 11) is 0. The molecule has 8 heteroatoms. The number of nitrogens with one attached hydrogen (secondary N) is 1. The largest absolute Gasteiger partial charge is 0.493 e. The van der Waals surface area contributed by atoms with Crippen LogP contribution in [0.1, 0.15) is 45.6 Å². The lowest BCUT2D eigenvalue weighted by atomic mass is 9.80. The summed E-state index contributed by atoms with van der Waals surface area (Å²) in [5.74, 6) is -3.43. The summed E-state index contributed by atoms with van der Waals surface area (Å²) in [6, 6.07) is 12.1. The Morgan fingerprint density at radius 3 is 2.26 bits per heavy atom. The molecule has 1 heterocycles. The van der Waals surface area contributed by atoms with Crippen molar-refractivity contribution in [2.45, 2.75) is 46.1 Å². The van der Waals surface area contributed by atoms with Crippen LogP contribution in [0.2, 0.25) is 0 Å². The summed E-state index contributed by atoms with van der Waals surface area (Å²) >= 11 is 0. The molecule has 0 radical (unpaired) electrons. The molecule has 0 spiro atoms. The number of dihydropyridines is 1. The molecule has 0 fully saturated rings. The smallest absolute Gasteiger partial charge is 0.337 e. The predicted molar refractivity (Wildman–Crippen MR) is 126 cm³/mol. The number of carbonyl (C=O) groups is 2. The third-order valence-electron chi connectivity index (χ3n) is 5.35. The lowest BCUT2D eigenvalue weighted by Gasteiger charge is -2.31. The van der Waals surface area contributed by atoms with Gasteiger partial charge in [-0.3, -0.25) is 0 Å². The monoisotopic (exact) mass is 485 g/mol. The van der Waals surface area contributed by atoms with Gasteiger partial charge in [-0.15, -0.1) is 0 Å². The van der Waals surface area contributed by atoms with Gasteiger partial charge in [0, 0.05) is 23.4 Å². The van der Waals surface area contributed by atoms with Gasteiger partial charge in [-0.2, -0.15) is 0 Å². The summed E-state index contributed by atoms with van der Waals surface area (Å²) in [5.41, 5.74) is 0.644. The molecular weight excluding hydrogens is 456 g/mol. The zero-order valence-electron chi connectivity index (χ0n) is 20.2. The van der Waals surface area contributed by atoms with E-state index in [4.69, 9.17) is 14.2 Å². The van der Waals surface area contributed by atoms with Gasteiger partial charge in [0.1, 0.15) is 17.4 Å². The Hall–Kier alpha value is -3.68. The third-order valence-corrected chi connectivity index (χ3v) is 5.35. The number of hydrogen-bond acceptors (Lipinski definition) is 6. The minimum absolute atomic E-state index is 0.0137. The van der Waals surface area contributed by atoms with E-state index in [2.05, 4.69) is 5.32 Å². The molecular formula is C27H29F2NO5. The fourth-order valence-corrected chi connectivity index (χ4v) is 3.87. The van der Waals surface area contributed by atoms with Crippen molar-refractivity contribution < 1.29 is 32.6 Å². The highest BCUT2D eigenvalue weighted by molar-refractivity contribution is 6.00. The van der Waals surface area contributed by atoms with E-state index in [0.717, 1.165) is 18.2 Å². The quantitative estimate of drug-likeness (QED) is 0.391. The SMILES string of the molecule is CC1=C(C(=O)OCCCOc2ccccc2)C(c2cc(F)ccc2F)C(C(=O)OC(C)C)=C(C)N1. The summed E-state index contributed by atoms with van der Waals surface area (Å²) in [6.45, 7) is 6.95. The van der Waals surface area contributed by atoms with E-state index < -0.39 is 35.6 Å². The molecule has 1 aliphatic rings. The second-order valence-electron chi connectivity index (χ2n) is 8.41. The minimum Gasteiger partial charge on any atom is -0.493 e. The number of para-hydroxylation sites is 1. The maximum Gasteiger partial charge on any atom is 0.337 e. The molecule has 2 aromatic rings. The van der Waals surface area contributed by atoms with Crippen molar-refractivity contribution in [3.8, 4) is 5.75 Å². The number of esters is 2. The number of allylic oxidation sites excluding steroid dienone is 2. The lowest BCUT2D eigenvalue weighted by Crippen LogP contribution is -2.33. The highest BCUT2D eigenvalue weighted by atomic mass is 19.1. The van der Waals surface area contributed by atoms with E-state index >= 15 is 0 Å². The van der Waals surface area contributed by atoms with Crippen LogP contribution in [-0.2, 0) is 19.1 Å². The zero-order chi connectivity index (χ0) is 25.5. The van der Waals surface area contributed by atoms with Crippen LogP contribution < -0.4 is 10.1 Å². The molecule has 0 saturated heterocycles. The Bertz CT molecular complexity index is 1140. The Morgan fingerprint density at radius 1 is 0.943 bits per heavy atom. The maximum atomic E-state index is 14.9. The van der Waals surface area contributed by atoms with Gasteiger partial charge >= 0.3 is 11.9 Å². The normalized spacial score (nSPS) is 15.7. The van der Waals surface area contributed by atoms with E-state index in [-0.39, 0.29) is 23.3 Å². The number of hydrogen-bond donors (Lipinski definition) is 1. The van der Waals surface area contributed by atoms with E-state index in [1.165, 1.54) is 0 Å². The highest BCUT2D eigenvalue weighted by Crippen LogP contribution is 2.40. The summed E-state index contributed by atoms with van der Waals surface area (Å²) in [6.07, 6.45) is -0.0379. The van der Waals surface area contributed by atoms with Crippen LogP contribution in [-0.4, -0.2) is 31.3 Å². The van der Waals surface area contributed by atoms with Gasteiger partial charge in [0.05, 0.1) is 36.4 Å². The fraction of sp³-hybridized carbons (Fsp3) is 0.333. The van der Waals surface area contributed by atoms with Crippen LogP contribution in [0, 0.1) is 11.6 Å². The number of ether oxygens (including phenoxy) is 3. The minimum atomic E-state index is -1.20. The zero-order valence-corrected chi connectivity index (χ0v) is 20.2. The van der Waals surface area contributed by atoms with Gasteiger partial charge < -0.3 is 19.5 Å². The van der Waals surface area contributed by atoms with Crippen LogP contribution in [0.5, 0.6) is 5.75 Å². The van der Waals surface area contributed by atoms with E-state index in [1.807, 2.05) is 30.3 Å². The number of carbonyl (C=O) groups excluding carboxylic acids is 2. The molecule has 0 bridgehead atoms. The van der Waals surface area contributed by atoms with Crippen molar-refractivity contribution in [3.63, 3.8) is 0 Å². The van der Waals surface area contributed by atoms with Crippen LogP contribution >= 0.6 is 0 Å². The van der Waals surface area contributed by atoms with Crippen molar-refractivity contribution in [2.24, 2.45) is 0 Å². The molecule has 6 nitrogen and oxygen atoms in total. The molecule has 0 amide bonds. The predicted octanol–water partition coefficient (Wildman–Crippen LogP) is 5.16. The molecule has 0 saturated carbocycles. The van der Waals surface area contributed by atoms with Crippen LogP contribution in [0.15, 0.2) is 71.1 Å². The van der Waals surface area contributed by atoms with Crippen LogP contribution in [0.4, 0.5) is 8.78 Å². The molecule has 1 aliphatic heterocycles. The Balaban J connectivity index is 1.84. The summed E-state index contributed by atoms with van der Waals surface area (Å²) < 4.78 is 45.4.